The van der Waals surface area contributed by atoms with Gasteiger partial charge in [-0.25, -0.2) is 0 Å². The van der Waals surface area contributed by atoms with E-state index < -0.39 is 6.04 Å². The van der Waals surface area contributed by atoms with Crippen LogP contribution in [0, 0.1) is 0 Å². The van der Waals surface area contributed by atoms with Crippen molar-refractivity contribution in [2.45, 2.75) is 83.8 Å². The number of nitrogens with zero attached hydrogens (tertiary/aromatic N) is 1. The van der Waals surface area contributed by atoms with Gasteiger partial charge in [-0.15, -0.1) is 0 Å². The lowest BCUT2D eigenvalue weighted by atomic mass is 9.86. The van der Waals surface area contributed by atoms with Crippen LogP contribution < -0.4 is 14.8 Å². The van der Waals surface area contributed by atoms with Crippen molar-refractivity contribution in [3.63, 3.8) is 0 Å². The van der Waals surface area contributed by atoms with Gasteiger partial charge in [-0.05, 0) is 54.0 Å². The Morgan fingerprint density at radius 1 is 1.09 bits per heavy atom. The standard InChI is InChI=1S/C29H40N2O4/c1-6-25(28(33)30-22-13-7-8-14-22)31(19-21-12-11-15-23(18-21)34-5)27(32)20-35-26-17-10-9-16-24(26)29(2,3)4/h9-12,15-18,22,25H,6-8,13-14,19-20H2,1-5H3,(H,30,33)/t25-/m0/s1. The van der Waals surface area contributed by atoms with Gasteiger partial charge in [0.25, 0.3) is 5.91 Å². The van der Waals surface area contributed by atoms with Crippen molar-refractivity contribution >= 4 is 11.8 Å². The first-order chi connectivity index (χ1) is 16.7. The van der Waals surface area contributed by atoms with Crippen molar-refractivity contribution in [2.24, 2.45) is 0 Å². The van der Waals surface area contributed by atoms with Crippen molar-refractivity contribution in [1.29, 1.82) is 0 Å². The van der Waals surface area contributed by atoms with Crippen molar-refractivity contribution in [1.82, 2.24) is 10.2 Å². The van der Waals surface area contributed by atoms with Gasteiger partial charge in [-0.1, -0.05) is 70.9 Å². The molecule has 2 aromatic rings. The monoisotopic (exact) mass is 480 g/mol. The van der Waals surface area contributed by atoms with E-state index in [0.717, 1.165) is 36.8 Å². The van der Waals surface area contributed by atoms with Crippen LogP contribution >= 0.6 is 0 Å². The molecule has 190 valence electrons. The average Bonchev–Trinajstić information content (AvgIpc) is 3.35. The summed E-state index contributed by atoms with van der Waals surface area (Å²) in [5.74, 6) is 1.10. The summed E-state index contributed by atoms with van der Waals surface area (Å²) in [6.45, 7) is 8.47. The maximum atomic E-state index is 13.6. The normalized spacial score (nSPS) is 14.9. The first-order valence-electron chi connectivity index (χ1n) is 12.7. The van der Waals surface area contributed by atoms with Gasteiger partial charge in [-0.2, -0.15) is 0 Å². The van der Waals surface area contributed by atoms with Gasteiger partial charge in [0.2, 0.25) is 5.91 Å². The molecule has 0 aliphatic heterocycles. The Kier molecular flexibility index (Phi) is 9.19. The van der Waals surface area contributed by atoms with E-state index >= 15 is 0 Å². The number of nitrogens with one attached hydrogen (secondary N) is 1. The average molecular weight is 481 g/mol. The fourth-order valence-corrected chi connectivity index (χ4v) is 4.69. The van der Waals surface area contributed by atoms with Crippen LogP contribution in [0.4, 0.5) is 0 Å². The third kappa shape index (κ3) is 7.23. The topological polar surface area (TPSA) is 67.9 Å². The molecule has 1 N–H and O–H groups in total. The summed E-state index contributed by atoms with van der Waals surface area (Å²) in [6, 6.07) is 15.0. The summed E-state index contributed by atoms with van der Waals surface area (Å²) in [4.78, 5) is 28.5. The maximum Gasteiger partial charge on any atom is 0.261 e. The van der Waals surface area contributed by atoms with Crippen LogP contribution in [-0.2, 0) is 21.5 Å². The van der Waals surface area contributed by atoms with Crippen molar-refractivity contribution in [3.05, 3.63) is 59.7 Å². The van der Waals surface area contributed by atoms with Gasteiger partial charge in [0.1, 0.15) is 17.5 Å². The highest BCUT2D eigenvalue weighted by atomic mass is 16.5. The van der Waals surface area contributed by atoms with E-state index in [4.69, 9.17) is 9.47 Å². The fourth-order valence-electron chi connectivity index (χ4n) is 4.69. The van der Waals surface area contributed by atoms with Gasteiger partial charge in [0.05, 0.1) is 7.11 Å². The van der Waals surface area contributed by atoms with E-state index in [1.807, 2.05) is 55.5 Å². The summed E-state index contributed by atoms with van der Waals surface area (Å²) in [5, 5.41) is 3.18. The molecule has 6 nitrogen and oxygen atoms in total. The molecular formula is C29H40N2O4. The number of hydrogen-bond donors (Lipinski definition) is 1. The molecule has 0 heterocycles. The van der Waals surface area contributed by atoms with Crippen LogP contribution in [0.15, 0.2) is 48.5 Å². The third-order valence-electron chi connectivity index (χ3n) is 6.62. The van der Waals surface area contributed by atoms with Gasteiger partial charge < -0.3 is 19.7 Å². The molecule has 0 radical (unpaired) electrons. The molecular weight excluding hydrogens is 440 g/mol. The molecule has 0 saturated heterocycles. The highest BCUT2D eigenvalue weighted by Crippen LogP contribution is 2.31. The minimum absolute atomic E-state index is 0.0919. The van der Waals surface area contributed by atoms with Gasteiger partial charge in [-0.3, -0.25) is 9.59 Å². The van der Waals surface area contributed by atoms with Gasteiger partial charge in [0.15, 0.2) is 6.61 Å². The molecule has 1 aliphatic carbocycles. The molecule has 1 fully saturated rings. The second-order valence-electron chi connectivity index (χ2n) is 10.3. The molecule has 3 rings (SSSR count). The third-order valence-corrected chi connectivity index (χ3v) is 6.62. The van der Waals surface area contributed by atoms with E-state index in [1.54, 1.807) is 12.0 Å². The largest absolute Gasteiger partial charge is 0.497 e. The zero-order valence-corrected chi connectivity index (χ0v) is 21.8. The summed E-state index contributed by atoms with van der Waals surface area (Å²) in [5.41, 5.74) is 1.82. The highest BCUT2D eigenvalue weighted by Gasteiger charge is 2.31. The zero-order chi connectivity index (χ0) is 25.4. The minimum Gasteiger partial charge on any atom is -0.497 e. The minimum atomic E-state index is -0.573. The van der Waals surface area contributed by atoms with E-state index in [2.05, 4.69) is 26.1 Å². The number of amides is 2. The predicted molar refractivity (Wildman–Crippen MR) is 139 cm³/mol. The number of hydrogen-bond acceptors (Lipinski definition) is 4. The molecule has 0 spiro atoms. The lowest BCUT2D eigenvalue weighted by molar-refractivity contribution is -0.143. The van der Waals surface area contributed by atoms with Crippen LogP contribution in [0.3, 0.4) is 0 Å². The zero-order valence-electron chi connectivity index (χ0n) is 21.8. The molecule has 35 heavy (non-hydrogen) atoms. The Morgan fingerprint density at radius 2 is 1.80 bits per heavy atom. The second kappa shape index (κ2) is 12.1. The van der Waals surface area contributed by atoms with E-state index in [-0.39, 0.29) is 29.9 Å². The van der Waals surface area contributed by atoms with E-state index in [9.17, 15) is 9.59 Å². The van der Waals surface area contributed by atoms with Crippen molar-refractivity contribution in [3.8, 4) is 11.5 Å². The number of methoxy groups -OCH3 is 1. The second-order valence-corrected chi connectivity index (χ2v) is 10.3. The lowest BCUT2D eigenvalue weighted by Crippen LogP contribution is -2.52. The number of carbonyl (C=O) groups excluding carboxylic acids is 2. The summed E-state index contributed by atoms with van der Waals surface area (Å²) in [6.07, 6.45) is 4.79. The Balaban J connectivity index is 1.82. The van der Waals surface area contributed by atoms with E-state index in [0.29, 0.717) is 24.5 Å². The smallest absolute Gasteiger partial charge is 0.261 e. The first-order valence-corrected chi connectivity index (χ1v) is 12.7. The van der Waals surface area contributed by atoms with Crippen LogP contribution in [0.1, 0.15) is 70.9 Å². The van der Waals surface area contributed by atoms with Gasteiger partial charge >= 0.3 is 0 Å². The van der Waals surface area contributed by atoms with Crippen LogP contribution in [-0.4, -0.2) is 42.5 Å². The Bertz CT molecular complexity index is 992. The molecule has 1 saturated carbocycles. The van der Waals surface area contributed by atoms with E-state index in [1.165, 1.54) is 0 Å². The summed E-state index contributed by atoms with van der Waals surface area (Å²) < 4.78 is 11.4. The SMILES string of the molecule is CC[C@@H](C(=O)NC1CCCC1)N(Cc1cccc(OC)c1)C(=O)COc1ccccc1C(C)(C)C. The molecule has 2 aromatic carbocycles. The highest BCUT2D eigenvalue weighted by molar-refractivity contribution is 5.88. The molecule has 1 aliphatic rings. The van der Waals surface area contributed by atoms with Crippen LogP contribution in [0.5, 0.6) is 11.5 Å². The van der Waals surface area contributed by atoms with Gasteiger partial charge in [0, 0.05) is 12.6 Å². The summed E-state index contributed by atoms with van der Waals surface area (Å²) in [7, 11) is 1.62. The Morgan fingerprint density at radius 3 is 2.46 bits per heavy atom. The quantitative estimate of drug-likeness (QED) is 0.505. The molecule has 1 atom stereocenters. The molecule has 0 unspecified atom stereocenters. The molecule has 0 bridgehead atoms. The van der Waals surface area contributed by atoms with Crippen LogP contribution in [0.25, 0.3) is 0 Å². The molecule has 0 aromatic heterocycles. The van der Waals surface area contributed by atoms with Crippen molar-refractivity contribution in [2.75, 3.05) is 13.7 Å². The number of carbonyl (C=O) groups is 2. The number of para-hydroxylation sites is 1. The van der Waals surface area contributed by atoms with Crippen LogP contribution in [0.2, 0.25) is 0 Å². The Labute approximate surface area is 210 Å². The lowest BCUT2D eigenvalue weighted by Gasteiger charge is -2.32. The first kappa shape index (κ1) is 26.6. The maximum absolute atomic E-state index is 13.6. The summed E-state index contributed by atoms with van der Waals surface area (Å²) >= 11 is 0. The number of ether oxygens (including phenoxy) is 2. The fraction of sp³-hybridized carbons (Fsp3) is 0.517. The predicted octanol–water partition coefficient (Wildman–Crippen LogP) is 5.24. The number of rotatable bonds is 10. The Hall–Kier alpha value is -3.02. The van der Waals surface area contributed by atoms with Crippen molar-refractivity contribution < 1.29 is 19.1 Å². The molecule has 2 amide bonds. The molecule has 6 heteroatoms. The number of benzene rings is 2.